The molecular formula is C14H10ClN3O. The molecule has 0 aliphatic carbocycles. The van der Waals surface area contributed by atoms with Gasteiger partial charge in [-0.15, -0.1) is 12.4 Å². The lowest BCUT2D eigenvalue weighted by Gasteiger charge is -1.93. The number of benzene rings is 1. The zero-order chi connectivity index (χ0) is 12.1. The Morgan fingerprint density at radius 3 is 2.58 bits per heavy atom. The first-order chi connectivity index (χ1) is 8.86. The quantitative estimate of drug-likeness (QED) is 0.493. The molecule has 1 aromatic carbocycles. The summed E-state index contributed by atoms with van der Waals surface area (Å²) in [6.45, 7) is 0. The van der Waals surface area contributed by atoms with Crippen molar-refractivity contribution in [2.24, 2.45) is 0 Å². The number of imidazole rings is 1. The highest BCUT2D eigenvalue weighted by Crippen LogP contribution is 2.16. The largest absolute Gasteiger partial charge is 0.297 e. The summed E-state index contributed by atoms with van der Waals surface area (Å²) in [5.41, 5.74) is 2.67. The van der Waals surface area contributed by atoms with E-state index in [0.717, 1.165) is 16.6 Å². The second kappa shape index (κ2) is 4.10. The number of nitrogens with zero attached hydrogens (tertiary/aromatic N) is 3. The van der Waals surface area contributed by atoms with E-state index >= 15 is 0 Å². The second-order valence-electron chi connectivity index (χ2n) is 4.23. The highest BCUT2D eigenvalue weighted by molar-refractivity contribution is 5.86. The van der Waals surface area contributed by atoms with Crippen LogP contribution in [0.15, 0.2) is 59.9 Å². The molecule has 4 aromatic rings. The van der Waals surface area contributed by atoms with Crippen molar-refractivity contribution in [3.63, 3.8) is 0 Å². The summed E-state index contributed by atoms with van der Waals surface area (Å²) in [6.07, 6.45) is 5.31. The third kappa shape index (κ3) is 1.47. The van der Waals surface area contributed by atoms with Gasteiger partial charge in [-0.25, -0.2) is 4.98 Å². The van der Waals surface area contributed by atoms with Gasteiger partial charge < -0.3 is 0 Å². The second-order valence-corrected chi connectivity index (χ2v) is 4.23. The van der Waals surface area contributed by atoms with Gasteiger partial charge in [-0.05, 0) is 24.3 Å². The third-order valence-corrected chi connectivity index (χ3v) is 3.26. The molecule has 4 rings (SSSR count). The summed E-state index contributed by atoms with van der Waals surface area (Å²) in [6, 6.07) is 11.4. The number of halogens is 1. The van der Waals surface area contributed by atoms with Crippen molar-refractivity contribution < 1.29 is 0 Å². The molecule has 0 atom stereocenters. The fourth-order valence-corrected chi connectivity index (χ4v) is 2.44. The van der Waals surface area contributed by atoms with Crippen molar-refractivity contribution >= 4 is 34.3 Å². The Kier molecular flexibility index (Phi) is 2.54. The van der Waals surface area contributed by atoms with E-state index in [0.29, 0.717) is 5.39 Å². The Morgan fingerprint density at radius 1 is 0.895 bits per heavy atom. The van der Waals surface area contributed by atoms with E-state index in [1.807, 2.05) is 40.8 Å². The molecule has 0 N–H and O–H groups in total. The monoisotopic (exact) mass is 271 g/mol. The first-order valence-corrected chi connectivity index (χ1v) is 5.70. The Bertz CT molecular complexity index is 955. The molecule has 0 saturated heterocycles. The predicted octanol–water partition coefficient (Wildman–Crippen LogP) is 2.52. The average Bonchev–Trinajstić information content (AvgIpc) is 3.04. The fourth-order valence-electron chi connectivity index (χ4n) is 2.44. The lowest BCUT2D eigenvalue weighted by atomic mass is 10.2. The number of hydrogen-bond acceptors (Lipinski definition) is 2. The van der Waals surface area contributed by atoms with Gasteiger partial charge >= 0.3 is 0 Å². The van der Waals surface area contributed by atoms with E-state index in [1.165, 1.54) is 0 Å². The SMILES string of the molecule is Cl.O=c1c2ccccc2n2cncc2c2cccn12. The van der Waals surface area contributed by atoms with Crippen LogP contribution in [0.1, 0.15) is 0 Å². The molecule has 0 unspecified atom stereocenters. The van der Waals surface area contributed by atoms with Gasteiger partial charge in [0.1, 0.15) is 0 Å². The van der Waals surface area contributed by atoms with Crippen LogP contribution in [0.2, 0.25) is 0 Å². The summed E-state index contributed by atoms with van der Waals surface area (Å²) in [5, 5.41) is 0.687. The predicted molar refractivity (Wildman–Crippen MR) is 77.2 cm³/mol. The molecule has 0 aliphatic heterocycles. The molecule has 5 heteroatoms. The van der Waals surface area contributed by atoms with Gasteiger partial charge in [-0.2, -0.15) is 0 Å². The van der Waals surface area contributed by atoms with Crippen molar-refractivity contribution in [1.82, 2.24) is 13.8 Å². The molecule has 0 bridgehead atoms. The Hall–Kier alpha value is -2.33. The maximum absolute atomic E-state index is 12.5. The Balaban J connectivity index is 0.00000110. The van der Waals surface area contributed by atoms with Crippen LogP contribution < -0.4 is 5.56 Å². The molecule has 19 heavy (non-hydrogen) atoms. The summed E-state index contributed by atoms with van der Waals surface area (Å²) in [7, 11) is 0. The van der Waals surface area contributed by atoms with Gasteiger partial charge in [-0.1, -0.05) is 12.1 Å². The van der Waals surface area contributed by atoms with E-state index in [-0.39, 0.29) is 18.0 Å². The molecule has 0 aliphatic rings. The molecule has 0 spiro atoms. The highest BCUT2D eigenvalue weighted by atomic mass is 35.5. The van der Waals surface area contributed by atoms with Crippen molar-refractivity contribution in [3.8, 4) is 0 Å². The summed E-state index contributed by atoms with van der Waals surface area (Å²) < 4.78 is 3.62. The normalized spacial score (nSPS) is 10.9. The number of para-hydroxylation sites is 1. The average molecular weight is 272 g/mol. The lowest BCUT2D eigenvalue weighted by molar-refractivity contribution is 1.16. The van der Waals surface area contributed by atoms with Crippen LogP contribution in [0, 0.1) is 0 Å². The van der Waals surface area contributed by atoms with Crippen molar-refractivity contribution in [3.05, 3.63) is 65.5 Å². The zero-order valence-corrected chi connectivity index (χ0v) is 10.7. The first-order valence-electron chi connectivity index (χ1n) is 5.70. The van der Waals surface area contributed by atoms with Crippen LogP contribution in [0.4, 0.5) is 0 Å². The molecule has 3 aromatic heterocycles. The number of fused-ring (bicyclic) bond motifs is 5. The number of rotatable bonds is 0. The van der Waals surface area contributed by atoms with Crippen molar-refractivity contribution in [1.29, 1.82) is 0 Å². The first kappa shape index (κ1) is 11.7. The van der Waals surface area contributed by atoms with Gasteiger partial charge in [0.2, 0.25) is 0 Å². The van der Waals surface area contributed by atoms with Crippen LogP contribution in [-0.2, 0) is 0 Å². The van der Waals surface area contributed by atoms with Gasteiger partial charge in [0.25, 0.3) is 5.56 Å². The van der Waals surface area contributed by atoms with Gasteiger partial charge in [0.15, 0.2) is 0 Å². The molecule has 0 fully saturated rings. The maximum atomic E-state index is 12.5. The topological polar surface area (TPSA) is 38.8 Å². The molecule has 0 amide bonds. The summed E-state index contributed by atoms with van der Waals surface area (Å²) in [4.78, 5) is 16.7. The minimum absolute atomic E-state index is 0. The van der Waals surface area contributed by atoms with Crippen molar-refractivity contribution in [2.75, 3.05) is 0 Å². The minimum atomic E-state index is -0.00528. The van der Waals surface area contributed by atoms with Gasteiger partial charge in [0.05, 0.1) is 34.5 Å². The smallest absolute Gasteiger partial charge is 0.264 e. The van der Waals surface area contributed by atoms with Crippen LogP contribution in [0.25, 0.3) is 21.9 Å². The van der Waals surface area contributed by atoms with E-state index < -0.39 is 0 Å². The van der Waals surface area contributed by atoms with Crippen LogP contribution in [0.3, 0.4) is 0 Å². The number of aromatic nitrogens is 3. The van der Waals surface area contributed by atoms with Crippen molar-refractivity contribution in [2.45, 2.75) is 0 Å². The molecule has 4 nitrogen and oxygen atoms in total. The molecule has 0 saturated carbocycles. The minimum Gasteiger partial charge on any atom is -0.297 e. The molecule has 0 radical (unpaired) electrons. The van der Waals surface area contributed by atoms with E-state index in [9.17, 15) is 4.79 Å². The van der Waals surface area contributed by atoms with Crippen LogP contribution in [0.5, 0.6) is 0 Å². The lowest BCUT2D eigenvalue weighted by Crippen LogP contribution is -2.08. The summed E-state index contributed by atoms with van der Waals surface area (Å²) in [5.74, 6) is 0. The Labute approximate surface area is 114 Å². The maximum Gasteiger partial charge on any atom is 0.264 e. The third-order valence-electron chi connectivity index (χ3n) is 3.26. The molecular weight excluding hydrogens is 262 g/mol. The van der Waals surface area contributed by atoms with Crippen LogP contribution in [-0.4, -0.2) is 13.8 Å². The highest BCUT2D eigenvalue weighted by Gasteiger charge is 2.07. The van der Waals surface area contributed by atoms with Crippen LogP contribution >= 0.6 is 12.4 Å². The van der Waals surface area contributed by atoms with Gasteiger partial charge in [0, 0.05) is 6.20 Å². The van der Waals surface area contributed by atoms with Gasteiger partial charge in [-0.3, -0.25) is 13.6 Å². The molecule has 3 heterocycles. The zero-order valence-electron chi connectivity index (χ0n) is 9.85. The van der Waals surface area contributed by atoms with E-state index in [2.05, 4.69) is 4.98 Å². The fraction of sp³-hybridized carbons (Fsp3) is 0. The molecule has 94 valence electrons. The summed E-state index contributed by atoms with van der Waals surface area (Å²) >= 11 is 0. The Morgan fingerprint density at radius 2 is 1.68 bits per heavy atom. The standard InChI is InChI=1S/C14H9N3O.ClH/c18-14-10-4-1-2-5-11(10)17-9-15-8-13(17)12-6-3-7-16(12)14;/h1-9H;1H. The van der Waals surface area contributed by atoms with E-state index in [1.54, 1.807) is 23.1 Å². The van der Waals surface area contributed by atoms with E-state index in [4.69, 9.17) is 0 Å². The number of hydrogen-bond donors (Lipinski definition) is 0.